The zero-order chi connectivity index (χ0) is 16.2. The molecule has 0 saturated carbocycles. The third kappa shape index (κ3) is 3.06. The molecule has 0 saturated heterocycles. The van der Waals surface area contributed by atoms with Crippen molar-refractivity contribution in [3.05, 3.63) is 90.4 Å². The summed E-state index contributed by atoms with van der Waals surface area (Å²) in [5.74, 6) is 0. The number of hydrogen-bond donors (Lipinski definition) is 0. The molecule has 3 nitrogen and oxygen atoms in total. The average molecular weight is 309 g/mol. The van der Waals surface area contributed by atoms with Crippen molar-refractivity contribution in [2.75, 3.05) is 0 Å². The number of benzene rings is 1. The van der Waals surface area contributed by atoms with Gasteiger partial charge in [-0.15, -0.1) is 0 Å². The van der Waals surface area contributed by atoms with Crippen molar-refractivity contribution in [3.8, 4) is 11.4 Å². The third-order valence-electron chi connectivity index (χ3n) is 3.78. The third-order valence-corrected chi connectivity index (χ3v) is 3.78. The van der Waals surface area contributed by atoms with Crippen molar-refractivity contribution < 1.29 is 0 Å². The van der Waals surface area contributed by atoms with Gasteiger partial charge in [0.15, 0.2) is 0 Å². The predicted octanol–water partition coefficient (Wildman–Crippen LogP) is 4.86. The first-order valence-corrected chi connectivity index (χ1v) is 7.80. The quantitative estimate of drug-likeness (QED) is 0.542. The van der Waals surface area contributed by atoms with Crippen LogP contribution in [-0.4, -0.2) is 15.0 Å². The van der Waals surface area contributed by atoms with Crippen molar-refractivity contribution in [3.63, 3.8) is 0 Å². The molecule has 0 unspecified atom stereocenters. The lowest BCUT2D eigenvalue weighted by Crippen LogP contribution is -1.86. The lowest BCUT2D eigenvalue weighted by atomic mass is 10.1. The Bertz CT molecular complexity index is 990. The van der Waals surface area contributed by atoms with Crippen LogP contribution in [0.4, 0.5) is 0 Å². The topological polar surface area (TPSA) is 38.7 Å². The monoisotopic (exact) mass is 309 g/mol. The molecular formula is C21H15N3. The summed E-state index contributed by atoms with van der Waals surface area (Å²) in [4.78, 5) is 13.4. The summed E-state index contributed by atoms with van der Waals surface area (Å²) in [6.07, 6.45) is 7.65. The van der Waals surface area contributed by atoms with Crippen LogP contribution in [-0.2, 0) is 0 Å². The van der Waals surface area contributed by atoms with Gasteiger partial charge in [0, 0.05) is 17.8 Å². The van der Waals surface area contributed by atoms with Crippen molar-refractivity contribution in [2.24, 2.45) is 0 Å². The molecule has 3 heterocycles. The van der Waals surface area contributed by atoms with E-state index in [0.717, 1.165) is 33.5 Å². The molecule has 0 bridgehead atoms. The normalized spacial score (nSPS) is 11.2. The van der Waals surface area contributed by atoms with Gasteiger partial charge in [-0.25, -0.2) is 4.98 Å². The summed E-state index contributed by atoms with van der Waals surface area (Å²) >= 11 is 0. The maximum atomic E-state index is 4.64. The smallest absolute Gasteiger partial charge is 0.0886 e. The Morgan fingerprint density at radius 1 is 0.667 bits per heavy atom. The Morgan fingerprint density at radius 2 is 1.54 bits per heavy atom. The van der Waals surface area contributed by atoms with Crippen LogP contribution in [0.5, 0.6) is 0 Å². The van der Waals surface area contributed by atoms with Crippen LogP contribution >= 0.6 is 0 Å². The van der Waals surface area contributed by atoms with Gasteiger partial charge in [-0.3, -0.25) is 9.97 Å². The highest BCUT2D eigenvalue weighted by Gasteiger charge is 1.99. The van der Waals surface area contributed by atoms with Gasteiger partial charge in [-0.1, -0.05) is 42.5 Å². The van der Waals surface area contributed by atoms with E-state index in [4.69, 9.17) is 0 Å². The number of para-hydroxylation sites is 1. The lowest BCUT2D eigenvalue weighted by Gasteiger charge is -2.00. The Kier molecular flexibility index (Phi) is 3.82. The first kappa shape index (κ1) is 14.3. The number of rotatable bonds is 3. The van der Waals surface area contributed by atoms with Crippen LogP contribution < -0.4 is 0 Å². The maximum Gasteiger partial charge on any atom is 0.0886 e. The molecule has 0 N–H and O–H groups in total. The summed E-state index contributed by atoms with van der Waals surface area (Å²) in [5, 5.41) is 1.15. The molecule has 0 aliphatic carbocycles. The molecule has 4 aromatic rings. The molecule has 0 radical (unpaired) electrons. The van der Waals surface area contributed by atoms with Crippen molar-refractivity contribution in [1.29, 1.82) is 0 Å². The van der Waals surface area contributed by atoms with E-state index in [0.29, 0.717) is 0 Å². The van der Waals surface area contributed by atoms with Crippen LogP contribution in [0.15, 0.2) is 79.1 Å². The molecule has 4 rings (SSSR count). The van der Waals surface area contributed by atoms with Crippen molar-refractivity contribution in [2.45, 2.75) is 0 Å². The highest BCUT2D eigenvalue weighted by molar-refractivity contribution is 5.80. The first-order valence-electron chi connectivity index (χ1n) is 7.80. The molecule has 24 heavy (non-hydrogen) atoms. The lowest BCUT2D eigenvalue weighted by molar-refractivity contribution is 1.24. The summed E-state index contributed by atoms with van der Waals surface area (Å²) in [5.41, 5.74) is 4.72. The van der Waals surface area contributed by atoms with E-state index >= 15 is 0 Å². The largest absolute Gasteiger partial charge is 0.255 e. The van der Waals surface area contributed by atoms with Gasteiger partial charge in [0.25, 0.3) is 0 Å². The second-order valence-corrected chi connectivity index (χ2v) is 5.45. The Labute approximate surface area is 140 Å². The van der Waals surface area contributed by atoms with E-state index in [1.165, 1.54) is 0 Å². The van der Waals surface area contributed by atoms with Gasteiger partial charge in [0.1, 0.15) is 0 Å². The van der Waals surface area contributed by atoms with Crippen molar-refractivity contribution >= 4 is 23.1 Å². The summed E-state index contributed by atoms with van der Waals surface area (Å²) in [6, 6.07) is 22.1. The minimum atomic E-state index is 0.872. The fourth-order valence-corrected chi connectivity index (χ4v) is 2.53. The number of fused-ring (bicyclic) bond motifs is 1. The standard InChI is InChI=1S/C21H15N3/c1-2-6-19-17(5-1)10-12-18(24-19)11-8-16-9-13-21(23-15-16)20-7-3-4-14-22-20/h1-15H/b11-8+. The molecule has 0 aliphatic heterocycles. The van der Waals surface area contributed by atoms with Gasteiger partial charge in [0.05, 0.1) is 22.6 Å². The number of pyridine rings is 3. The molecule has 0 spiro atoms. The van der Waals surface area contributed by atoms with Crippen molar-refractivity contribution in [1.82, 2.24) is 15.0 Å². The van der Waals surface area contributed by atoms with E-state index in [-0.39, 0.29) is 0 Å². The van der Waals surface area contributed by atoms with Crippen LogP contribution in [0.1, 0.15) is 11.3 Å². The van der Waals surface area contributed by atoms with Gasteiger partial charge < -0.3 is 0 Å². The molecule has 3 heteroatoms. The molecule has 0 atom stereocenters. The van der Waals surface area contributed by atoms with Gasteiger partial charge in [-0.2, -0.15) is 0 Å². The van der Waals surface area contributed by atoms with Gasteiger partial charge >= 0.3 is 0 Å². The SMILES string of the molecule is C(=C\c1ccc2ccccc2n1)/c1ccc(-c2ccccn2)nc1. The highest BCUT2D eigenvalue weighted by Crippen LogP contribution is 2.16. The van der Waals surface area contributed by atoms with E-state index < -0.39 is 0 Å². The Morgan fingerprint density at radius 3 is 2.38 bits per heavy atom. The fraction of sp³-hybridized carbons (Fsp3) is 0. The van der Waals surface area contributed by atoms with E-state index in [9.17, 15) is 0 Å². The first-order chi connectivity index (χ1) is 11.9. The van der Waals surface area contributed by atoms with Gasteiger partial charge in [-0.05, 0) is 42.0 Å². The minimum Gasteiger partial charge on any atom is -0.255 e. The summed E-state index contributed by atoms with van der Waals surface area (Å²) in [7, 11) is 0. The molecule has 114 valence electrons. The molecule has 1 aromatic carbocycles. The van der Waals surface area contributed by atoms with Crippen LogP contribution in [0.2, 0.25) is 0 Å². The Hall–Kier alpha value is -3.33. The van der Waals surface area contributed by atoms with Gasteiger partial charge in [0.2, 0.25) is 0 Å². The van der Waals surface area contributed by atoms with E-state index in [1.54, 1.807) is 6.20 Å². The van der Waals surface area contributed by atoms with Crippen LogP contribution in [0.3, 0.4) is 0 Å². The molecular weight excluding hydrogens is 294 g/mol. The summed E-state index contributed by atoms with van der Waals surface area (Å²) < 4.78 is 0. The highest BCUT2D eigenvalue weighted by atomic mass is 14.8. The number of nitrogens with zero attached hydrogens (tertiary/aromatic N) is 3. The molecule has 0 fully saturated rings. The minimum absolute atomic E-state index is 0.872. The molecule has 0 aliphatic rings. The van der Waals surface area contributed by atoms with Crippen LogP contribution in [0.25, 0.3) is 34.4 Å². The second kappa shape index (κ2) is 6.42. The zero-order valence-corrected chi connectivity index (χ0v) is 13.0. The average Bonchev–Trinajstić information content (AvgIpc) is 2.67. The van der Waals surface area contributed by atoms with Crippen LogP contribution in [0, 0.1) is 0 Å². The molecule has 0 amide bonds. The second-order valence-electron chi connectivity index (χ2n) is 5.45. The fourth-order valence-electron chi connectivity index (χ4n) is 2.53. The summed E-state index contributed by atoms with van der Waals surface area (Å²) in [6.45, 7) is 0. The Balaban J connectivity index is 1.56. The number of hydrogen-bond acceptors (Lipinski definition) is 3. The van der Waals surface area contributed by atoms with E-state index in [2.05, 4.69) is 27.1 Å². The maximum absolute atomic E-state index is 4.64. The van der Waals surface area contributed by atoms with E-state index in [1.807, 2.05) is 72.9 Å². The number of aromatic nitrogens is 3. The predicted molar refractivity (Wildman–Crippen MR) is 98.1 cm³/mol. The zero-order valence-electron chi connectivity index (χ0n) is 13.0. The molecule has 3 aromatic heterocycles.